The maximum absolute atomic E-state index is 13.9. The fraction of sp³-hybridized carbons (Fsp3) is 0.304. The Morgan fingerprint density at radius 2 is 1.81 bits per heavy atom. The van der Waals surface area contributed by atoms with Crippen molar-refractivity contribution in [3.05, 3.63) is 83.2 Å². The molecule has 1 atom stereocenters. The van der Waals surface area contributed by atoms with E-state index in [2.05, 4.69) is 37.9 Å². The minimum absolute atomic E-state index is 0.0767. The number of H-pyrrole nitrogens is 1. The molecule has 2 aromatic carbocycles. The summed E-state index contributed by atoms with van der Waals surface area (Å²) in [6, 6.07) is 13.5. The molecule has 1 saturated heterocycles. The van der Waals surface area contributed by atoms with Crippen molar-refractivity contribution in [2.75, 3.05) is 18.4 Å². The van der Waals surface area contributed by atoms with Gasteiger partial charge in [-0.2, -0.15) is 5.10 Å². The molecule has 4 N–H and O–H groups in total. The lowest BCUT2D eigenvalue weighted by molar-refractivity contribution is 0.0942. The topological polar surface area (TPSA) is 93.3 Å². The number of aliphatic hydroxyl groups is 1. The SMILES string of the molecule is O=C(Nc1cn[nH]c1[C@H](O)NC1CCN(Cc2ccccc2)CC1)c1c(F)cccc1F. The number of likely N-dealkylation sites (tertiary alicyclic amines) is 1. The van der Waals surface area contributed by atoms with Gasteiger partial charge >= 0.3 is 0 Å². The Kier molecular flexibility index (Phi) is 6.89. The number of amides is 1. The van der Waals surface area contributed by atoms with Crippen LogP contribution in [0.4, 0.5) is 14.5 Å². The standard InChI is InChI=1S/C23H25F2N5O2/c24-17-7-4-8-18(25)20(17)22(31)28-19-13-26-29-21(19)23(32)27-16-9-11-30(12-10-16)14-15-5-2-1-3-6-15/h1-8,13,16,23,27,32H,9-12,14H2,(H,26,29)(H,28,31)/t23-/m0/s1. The second kappa shape index (κ2) is 9.99. The van der Waals surface area contributed by atoms with Crippen molar-refractivity contribution in [1.29, 1.82) is 0 Å². The molecule has 0 aliphatic carbocycles. The molecule has 0 radical (unpaired) electrons. The quantitative estimate of drug-likeness (QED) is 0.423. The van der Waals surface area contributed by atoms with Gasteiger partial charge in [0, 0.05) is 12.6 Å². The molecule has 1 fully saturated rings. The number of benzene rings is 2. The molecule has 7 nitrogen and oxygen atoms in total. The lowest BCUT2D eigenvalue weighted by atomic mass is 10.0. The van der Waals surface area contributed by atoms with Crippen LogP contribution in [0, 0.1) is 11.6 Å². The van der Waals surface area contributed by atoms with E-state index in [9.17, 15) is 18.7 Å². The summed E-state index contributed by atoms with van der Waals surface area (Å²) < 4.78 is 27.8. The van der Waals surface area contributed by atoms with Gasteiger partial charge in [-0.05, 0) is 43.6 Å². The smallest absolute Gasteiger partial charge is 0.261 e. The number of hydrogen-bond acceptors (Lipinski definition) is 5. The van der Waals surface area contributed by atoms with Crippen LogP contribution in [0.15, 0.2) is 54.7 Å². The van der Waals surface area contributed by atoms with E-state index in [0.717, 1.165) is 44.6 Å². The van der Waals surface area contributed by atoms with Gasteiger partial charge in [-0.3, -0.25) is 20.1 Å². The van der Waals surface area contributed by atoms with Crippen molar-refractivity contribution in [3.63, 3.8) is 0 Å². The first kappa shape index (κ1) is 22.1. The van der Waals surface area contributed by atoms with E-state index in [-0.39, 0.29) is 17.4 Å². The number of aliphatic hydroxyl groups excluding tert-OH is 1. The van der Waals surface area contributed by atoms with Gasteiger partial charge in [-0.25, -0.2) is 8.78 Å². The molecule has 4 rings (SSSR count). The molecule has 1 amide bonds. The number of anilines is 1. The zero-order chi connectivity index (χ0) is 22.5. The highest BCUT2D eigenvalue weighted by atomic mass is 19.1. The largest absolute Gasteiger partial charge is 0.373 e. The highest BCUT2D eigenvalue weighted by Gasteiger charge is 2.25. The summed E-state index contributed by atoms with van der Waals surface area (Å²) in [4.78, 5) is 14.7. The molecule has 9 heteroatoms. The minimum atomic E-state index is -1.12. The van der Waals surface area contributed by atoms with Crippen molar-refractivity contribution in [2.45, 2.75) is 31.7 Å². The number of carbonyl (C=O) groups excluding carboxylic acids is 1. The van der Waals surface area contributed by atoms with Gasteiger partial charge in [0.1, 0.15) is 29.1 Å². The Bertz CT molecular complexity index is 1030. The lowest BCUT2D eigenvalue weighted by Gasteiger charge is -2.33. The molecule has 3 aromatic rings. The molecule has 1 aliphatic rings. The number of hydrogen-bond donors (Lipinski definition) is 4. The van der Waals surface area contributed by atoms with Gasteiger partial charge in [0.15, 0.2) is 0 Å². The Morgan fingerprint density at radius 3 is 2.50 bits per heavy atom. The zero-order valence-electron chi connectivity index (χ0n) is 17.4. The Balaban J connectivity index is 1.33. The average molecular weight is 441 g/mol. The Morgan fingerprint density at radius 1 is 1.12 bits per heavy atom. The zero-order valence-corrected chi connectivity index (χ0v) is 17.4. The van der Waals surface area contributed by atoms with Crippen molar-refractivity contribution >= 4 is 11.6 Å². The van der Waals surface area contributed by atoms with Gasteiger partial charge in [0.2, 0.25) is 0 Å². The molecular weight excluding hydrogens is 416 g/mol. The van der Waals surface area contributed by atoms with E-state index in [1.165, 1.54) is 17.8 Å². The number of aromatic nitrogens is 2. The summed E-state index contributed by atoms with van der Waals surface area (Å²) in [5, 5.41) is 22.7. The summed E-state index contributed by atoms with van der Waals surface area (Å²) in [6.07, 6.45) is 1.86. The normalized spacial score (nSPS) is 16.1. The highest BCUT2D eigenvalue weighted by molar-refractivity contribution is 6.04. The molecule has 1 aromatic heterocycles. The lowest BCUT2D eigenvalue weighted by Crippen LogP contribution is -2.43. The first-order valence-corrected chi connectivity index (χ1v) is 10.5. The number of piperidine rings is 1. The number of nitrogens with one attached hydrogen (secondary N) is 3. The summed E-state index contributed by atoms with van der Waals surface area (Å²) in [6.45, 7) is 2.66. The van der Waals surface area contributed by atoms with Crippen LogP contribution in [0.1, 0.15) is 40.7 Å². The van der Waals surface area contributed by atoms with E-state index >= 15 is 0 Å². The number of aromatic amines is 1. The predicted octanol–water partition coefficient (Wildman–Crippen LogP) is 3.19. The van der Waals surface area contributed by atoms with Crippen LogP contribution in [0.3, 0.4) is 0 Å². The van der Waals surface area contributed by atoms with Crippen LogP contribution < -0.4 is 10.6 Å². The third kappa shape index (κ3) is 5.18. The van der Waals surface area contributed by atoms with E-state index in [4.69, 9.17) is 0 Å². The maximum Gasteiger partial charge on any atom is 0.261 e. The van der Waals surface area contributed by atoms with Crippen LogP contribution >= 0.6 is 0 Å². The summed E-state index contributed by atoms with van der Waals surface area (Å²) in [5.41, 5.74) is 0.956. The van der Waals surface area contributed by atoms with Crippen LogP contribution in [-0.2, 0) is 6.54 Å². The monoisotopic (exact) mass is 441 g/mol. The first-order chi connectivity index (χ1) is 15.5. The second-order valence-corrected chi connectivity index (χ2v) is 7.85. The van der Waals surface area contributed by atoms with Crippen LogP contribution in [0.5, 0.6) is 0 Å². The average Bonchev–Trinajstić information content (AvgIpc) is 3.24. The minimum Gasteiger partial charge on any atom is -0.373 e. The molecule has 168 valence electrons. The number of carbonyl (C=O) groups is 1. The fourth-order valence-corrected chi connectivity index (χ4v) is 3.91. The van der Waals surface area contributed by atoms with Crippen LogP contribution in [0.25, 0.3) is 0 Å². The molecule has 0 unspecified atom stereocenters. The predicted molar refractivity (Wildman–Crippen MR) is 116 cm³/mol. The molecule has 1 aliphatic heterocycles. The van der Waals surface area contributed by atoms with Crippen LogP contribution in [0.2, 0.25) is 0 Å². The van der Waals surface area contributed by atoms with E-state index in [0.29, 0.717) is 0 Å². The molecule has 0 bridgehead atoms. The molecule has 2 heterocycles. The van der Waals surface area contributed by atoms with Crippen molar-refractivity contribution in [3.8, 4) is 0 Å². The van der Waals surface area contributed by atoms with E-state index < -0.39 is 29.3 Å². The van der Waals surface area contributed by atoms with Gasteiger partial charge in [0.25, 0.3) is 5.91 Å². The van der Waals surface area contributed by atoms with Gasteiger partial charge in [-0.15, -0.1) is 0 Å². The molecule has 32 heavy (non-hydrogen) atoms. The third-order valence-corrected chi connectivity index (χ3v) is 5.61. The summed E-state index contributed by atoms with van der Waals surface area (Å²) >= 11 is 0. The fourth-order valence-electron chi connectivity index (χ4n) is 3.91. The highest BCUT2D eigenvalue weighted by Crippen LogP contribution is 2.23. The van der Waals surface area contributed by atoms with Crippen molar-refractivity contribution in [1.82, 2.24) is 20.4 Å². The van der Waals surface area contributed by atoms with Gasteiger partial charge in [-0.1, -0.05) is 36.4 Å². The summed E-state index contributed by atoms with van der Waals surface area (Å²) in [5.74, 6) is -2.88. The number of rotatable bonds is 7. The Labute approximate surface area is 184 Å². The van der Waals surface area contributed by atoms with E-state index in [1.54, 1.807) is 0 Å². The Hall–Kier alpha value is -3.14. The molecule has 0 saturated carbocycles. The molecular formula is C23H25F2N5O2. The van der Waals surface area contributed by atoms with Crippen LogP contribution in [-0.4, -0.2) is 45.2 Å². The van der Waals surface area contributed by atoms with Crippen molar-refractivity contribution in [2.24, 2.45) is 0 Å². The number of nitrogens with zero attached hydrogens (tertiary/aromatic N) is 2. The van der Waals surface area contributed by atoms with Gasteiger partial charge in [0.05, 0.1) is 11.9 Å². The van der Waals surface area contributed by atoms with Gasteiger partial charge < -0.3 is 10.4 Å². The third-order valence-electron chi connectivity index (χ3n) is 5.61. The maximum atomic E-state index is 13.9. The second-order valence-electron chi connectivity index (χ2n) is 7.85. The van der Waals surface area contributed by atoms with Crippen molar-refractivity contribution < 1.29 is 18.7 Å². The molecule has 0 spiro atoms. The first-order valence-electron chi connectivity index (χ1n) is 10.5. The summed E-state index contributed by atoms with van der Waals surface area (Å²) in [7, 11) is 0. The number of halogens is 2. The van der Waals surface area contributed by atoms with E-state index in [1.807, 2.05) is 18.2 Å².